The van der Waals surface area contributed by atoms with E-state index < -0.39 is 0 Å². The predicted octanol–water partition coefficient (Wildman–Crippen LogP) is 4.05. The predicted molar refractivity (Wildman–Crippen MR) is 80.6 cm³/mol. The third-order valence-corrected chi connectivity index (χ3v) is 4.54. The van der Waals surface area contributed by atoms with E-state index in [1.165, 1.54) is 0 Å². The van der Waals surface area contributed by atoms with Crippen LogP contribution in [0.15, 0.2) is 55.1 Å². The molecule has 2 atom stereocenters. The van der Waals surface area contributed by atoms with Crippen molar-refractivity contribution in [3.8, 4) is 0 Å². The zero-order valence-corrected chi connectivity index (χ0v) is 11.3. The summed E-state index contributed by atoms with van der Waals surface area (Å²) in [6.07, 6.45) is 0. The number of hydrogen-bond acceptors (Lipinski definition) is 1. The molecule has 2 aromatic rings. The van der Waals surface area contributed by atoms with Crippen LogP contribution in [0.2, 0.25) is 0 Å². The van der Waals surface area contributed by atoms with Crippen LogP contribution in [0, 0.1) is 5.92 Å². The number of para-hydroxylation sites is 1. The maximum absolute atomic E-state index is 12.7. The molecule has 0 fully saturated rings. The molecule has 0 N–H and O–H groups in total. The van der Waals surface area contributed by atoms with Gasteiger partial charge in [0.05, 0.1) is 11.7 Å². The summed E-state index contributed by atoms with van der Waals surface area (Å²) in [5.41, 5.74) is 5.15. The first kappa shape index (κ1) is 11.5. The summed E-state index contributed by atoms with van der Waals surface area (Å²) in [6.45, 7) is 6.41. The molecule has 0 unspecified atom stereocenters. The molecule has 2 aliphatic rings. The lowest BCUT2D eigenvalue weighted by atomic mass is 9.81. The van der Waals surface area contributed by atoms with Crippen LogP contribution in [0.5, 0.6) is 0 Å². The fraction of sp³-hybridized carbons (Fsp3) is 0.167. The molecule has 2 heterocycles. The van der Waals surface area contributed by atoms with Gasteiger partial charge in [-0.05, 0) is 23.3 Å². The summed E-state index contributed by atoms with van der Waals surface area (Å²) in [7, 11) is 0. The number of hydrogen-bond donors (Lipinski definition) is 0. The Morgan fingerprint density at radius 3 is 2.45 bits per heavy atom. The van der Waals surface area contributed by atoms with Gasteiger partial charge in [0.15, 0.2) is 0 Å². The third kappa shape index (κ3) is 1.26. The molecule has 0 bridgehead atoms. The van der Waals surface area contributed by atoms with Gasteiger partial charge in [0, 0.05) is 17.0 Å². The van der Waals surface area contributed by atoms with Gasteiger partial charge < -0.3 is 0 Å². The monoisotopic (exact) mass is 261 g/mol. The highest BCUT2D eigenvalue weighted by Crippen LogP contribution is 2.51. The molecule has 2 aromatic carbocycles. The number of carbonyl (C=O) groups is 1. The molecule has 20 heavy (non-hydrogen) atoms. The zero-order chi connectivity index (χ0) is 13.9. The van der Waals surface area contributed by atoms with Crippen LogP contribution >= 0.6 is 0 Å². The standard InChI is InChI=1S/C18H15NO/c1-11-12(2)17-14-8-3-4-9-15(14)18(20)19(17)16-10-6-5-7-13(11)16/h3-10,12,17H,1H2,2H3/t12-,17+/m0/s1. The zero-order valence-electron chi connectivity index (χ0n) is 11.3. The largest absolute Gasteiger partial charge is 0.300 e. The topological polar surface area (TPSA) is 20.3 Å². The van der Waals surface area contributed by atoms with Crippen molar-refractivity contribution < 1.29 is 4.79 Å². The summed E-state index contributed by atoms with van der Waals surface area (Å²) >= 11 is 0. The van der Waals surface area contributed by atoms with E-state index in [4.69, 9.17) is 0 Å². The molecule has 0 spiro atoms. The molecule has 1 amide bonds. The minimum Gasteiger partial charge on any atom is -0.300 e. The number of carbonyl (C=O) groups excluding carboxylic acids is 1. The number of fused-ring (bicyclic) bond motifs is 5. The number of anilines is 1. The molecule has 2 heteroatoms. The third-order valence-electron chi connectivity index (χ3n) is 4.54. The normalized spacial score (nSPS) is 23.4. The van der Waals surface area contributed by atoms with E-state index in [-0.39, 0.29) is 17.9 Å². The van der Waals surface area contributed by atoms with Gasteiger partial charge in [0.2, 0.25) is 0 Å². The Morgan fingerprint density at radius 2 is 1.65 bits per heavy atom. The first-order valence-electron chi connectivity index (χ1n) is 6.91. The van der Waals surface area contributed by atoms with Crippen LogP contribution in [-0.2, 0) is 0 Å². The van der Waals surface area contributed by atoms with E-state index in [9.17, 15) is 4.79 Å². The molecule has 2 nitrogen and oxygen atoms in total. The Kier molecular flexibility index (Phi) is 2.19. The van der Waals surface area contributed by atoms with Gasteiger partial charge in [0.25, 0.3) is 5.91 Å². The molecule has 0 saturated carbocycles. The number of nitrogens with zero attached hydrogens (tertiary/aromatic N) is 1. The van der Waals surface area contributed by atoms with E-state index in [1.54, 1.807) is 0 Å². The van der Waals surface area contributed by atoms with Crippen LogP contribution in [0.4, 0.5) is 5.69 Å². The minimum absolute atomic E-state index is 0.0844. The summed E-state index contributed by atoms with van der Waals surface area (Å²) in [5, 5.41) is 0. The Balaban J connectivity index is 2.01. The Labute approximate surface area is 118 Å². The first-order valence-corrected chi connectivity index (χ1v) is 6.91. The average Bonchev–Trinajstić information content (AvgIpc) is 2.79. The van der Waals surface area contributed by atoms with Gasteiger partial charge in [-0.15, -0.1) is 0 Å². The van der Waals surface area contributed by atoms with Crippen LogP contribution in [0.3, 0.4) is 0 Å². The highest BCUT2D eigenvalue weighted by Gasteiger charge is 2.45. The second kappa shape index (κ2) is 3.83. The van der Waals surface area contributed by atoms with Crippen molar-refractivity contribution >= 4 is 17.2 Å². The van der Waals surface area contributed by atoms with Gasteiger partial charge in [-0.25, -0.2) is 0 Å². The molecule has 0 saturated heterocycles. The van der Waals surface area contributed by atoms with Gasteiger partial charge in [-0.2, -0.15) is 0 Å². The van der Waals surface area contributed by atoms with Crippen molar-refractivity contribution in [1.82, 2.24) is 0 Å². The molecular weight excluding hydrogens is 246 g/mol. The second-order valence-electron chi connectivity index (χ2n) is 5.54. The molecule has 2 aliphatic heterocycles. The van der Waals surface area contributed by atoms with Gasteiger partial charge in [0.1, 0.15) is 0 Å². The van der Waals surface area contributed by atoms with Gasteiger partial charge in [-0.3, -0.25) is 9.69 Å². The van der Waals surface area contributed by atoms with Crippen molar-refractivity contribution in [1.29, 1.82) is 0 Å². The number of amides is 1. The quantitative estimate of drug-likeness (QED) is 0.700. The van der Waals surface area contributed by atoms with Crippen molar-refractivity contribution in [2.24, 2.45) is 5.92 Å². The molecule has 0 radical (unpaired) electrons. The first-order chi connectivity index (χ1) is 9.70. The fourth-order valence-electron chi connectivity index (χ4n) is 3.49. The lowest BCUT2D eigenvalue weighted by Crippen LogP contribution is -2.35. The smallest absolute Gasteiger partial charge is 0.259 e. The van der Waals surface area contributed by atoms with Gasteiger partial charge in [-0.1, -0.05) is 49.9 Å². The van der Waals surface area contributed by atoms with Crippen LogP contribution < -0.4 is 4.90 Å². The molecular formula is C18H15NO. The lowest BCUT2D eigenvalue weighted by Gasteiger charge is -2.38. The van der Waals surface area contributed by atoms with E-state index in [0.717, 1.165) is 28.0 Å². The SMILES string of the molecule is C=C1c2ccccc2N2C(=O)c3ccccc3[C@H]2[C@H]1C. The van der Waals surface area contributed by atoms with Gasteiger partial charge >= 0.3 is 0 Å². The highest BCUT2D eigenvalue weighted by molar-refractivity contribution is 6.13. The lowest BCUT2D eigenvalue weighted by molar-refractivity contribution is 0.0987. The second-order valence-corrected chi connectivity index (χ2v) is 5.54. The Hall–Kier alpha value is -2.35. The van der Waals surface area contributed by atoms with Crippen LogP contribution in [0.25, 0.3) is 5.57 Å². The van der Waals surface area contributed by atoms with Crippen LogP contribution in [0.1, 0.15) is 34.5 Å². The van der Waals surface area contributed by atoms with Crippen molar-refractivity contribution in [3.05, 3.63) is 71.8 Å². The Morgan fingerprint density at radius 1 is 1.00 bits per heavy atom. The summed E-state index contributed by atoms with van der Waals surface area (Å²) in [6, 6.07) is 16.1. The fourth-order valence-corrected chi connectivity index (χ4v) is 3.49. The minimum atomic E-state index is 0.0844. The van der Waals surface area contributed by atoms with Crippen molar-refractivity contribution in [2.45, 2.75) is 13.0 Å². The highest BCUT2D eigenvalue weighted by atomic mass is 16.2. The van der Waals surface area contributed by atoms with E-state index >= 15 is 0 Å². The summed E-state index contributed by atoms with van der Waals surface area (Å²) in [4.78, 5) is 14.7. The van der Waals surface area contributed by atoms with Crippen LogP contribution in [-0.4, -0.2) is 5.91 Å². The van der Waals surface area contributed by atoms with Crippen molar-refractivity contribution in [3.63, 3.8) is 0 Å². The van der Waals surface area contributed by atoms with E-state index in [1.807, 2.05) is 41.3 Å². The summed E-state index contributed by atoms with van der Waals surface area (Å²) < 4.78 is 0. The van der Waals surface area contributed by atoms with Crippen molar-refractivity contribution in [2.75, 3.05) is 4.90 Å². The summed E-state index contributed by atoms with van der Waals surface area (Å²) in [5.74, 6) is 0.342. The molecule has 98 valence electrons. The molecule has 0 aliphatic carbocycles. The number of rotatable bonds is 0. The molecule has 0 aromatic heterocycles. The van der Waals surface area contributed by atoms with E-state index in [0.29, 0.717) is 0 Å². The maximum Gasteiger partial charge on any atom is 0.259 e. The Bertz CT molecular complexity index is 747. The average molecular weight is 261 g/mol. The number of benzene rings is 2. The maximum atomic E-state index is 12.7. The van der Waals surface area contributed by atoms with E-state index in [2.05, 4.69) is 25.6 Å². The molecule has 4 rings (SSSR count).